The molecule has 3 rings (SSSR count). The van der Waals surface area contributed by atoms with Crippen molar-refractivity contribution in [3.05, 3.63) is 65.7 Å². The highest BCUT2D eigenvalue weighted by Gasteiger charge is 2.28. The summed E-state index contributed by atoms with van der Waals surface area (Å²) >= 11 is 0. The molecule has 2 aromatic carbocycles. The van der Waals surface area contributed by atoms with Crippen LogP contribution in [0.25, 0.3) is 0 Å². The van der Waals surface area contributed by atoms with Crippen molar-refractivity contribution < 1.29 is 13.2 Å². The third kappa shape index (κ3) is 6.66. The maximum Gasteiger partial charge on any atom is 0.191 e. The highest BCUT2D eigenvalue weighted by atomic mass is 127. The molecule has 0 spiro atoms. The maximum absolute atomic E-state index is 11.6. The number of rotatable bonds is 6. The van der Waals surface area contributed by atoms with Crippen LogP contribution in [0.3, 0.4) is 0 Å². The second-order valence-corrected chi connectivity index (χ2v) is 8.77. The van der Waals surface area contributed by atoms with Gasteiger partial charge in [-0.05, 0) is 29.7 Å². The molecule has 1 aliphatic rings. The van der Waals surface area contributed by atoms with Gasteiger partial charge in [0.15, 0.2) is 15.8 Å². The van der Waals surface area contributed by atoms with Crippen LogP contribution in [0.5, 0.6) is 5.75 Å². The van der Waals surface area contributed by atoms with E-state index in [0.29, 0.717) is 25.5 Å². The molecule has 0 aromatic heterocycles. The molecule has 1 fully saturated rings. The van der Waals surface area contributed by atoms with Crippen LogP contribution in [-0.4, -0.2) is 39.0 Å². The minimum atomic E-state index is -2.92. The number of benzene rings is 2. The molecule has 2 N–H and O–H groups in total. The first kappa shape index (κ1) is 22.5. The van der Waals surface area contributed by atoms with Crippen LogP contribution in [0.15, 0.2) is 59.6 Å². The van der Waals surface area contributed by atoms with E-state index < -0.39 is 9.84 Å². The van der Waals surface area contributed by atoms with Crippen LogP contribution < -0.4 is 15.4 Å². The van der Waals surface area contributed by atoms with Gasteiger partial charge < -0.3 is 15.4 Å². The summed E-state index contributed by atoms with van der Waals surface area (Å²) in [5.74, 6) is 1.84. The van der Waals surface area contributed by atoms with Crippen LogP contribution in [0.1, 0.15) is 17.5 Å². The van der Waals surface area contributed by atoms with Gasteiger partial charge in [-0.25, -0.2) is 8.42 Å². The average Bonchev–Trinajstić information content (AvgIpc) is 3.03. The zero-order valence-corrected chi connectivity index (χ0v) is 18.9. The monoisotopic (exact) mass is 515 g/mol. The number of guanidine groups is 1. The van der Waals surface area contributed by atoms with Crippen LogP contribution in [0, 0.1) is 0 Å². The van der Waals surface area contributed by atoms with E-state index in [9.17, 15) is 8.42 Å². The standard InChI is InChI=1S/C20H25N3O3S.HI/c1-21-20(23-18-11-12-27(24,25)15-18)22-13-16-7-5-6-8-17(16)14-26-19-9-3-2-4-10-19;/h2-10,18H,11-15H2,1H3,(H2,21,22,23);1H. The molecular weight excluding hydrogens is 489 g/mol. The number of ether oxygens (including phenoxy) is 1. The van der Waals surface area contributed by atoms with E-state index in [1.54, 1.807) is 7.05 Å². The normalized spacial score (nSPS) is 18.2. The predicted molar refractivity (Wildman–Crippen MR) is 123 cm³/mol. The summed E-state index contributed by atoms with van der Waals surface area (Å²) < 4.78 is 29.1. The Bertz CT molecular complexity index is 889. The molecule has 0 saturated carbocycles. The first-order valence-electron chi connectivity index (χ1n) is 8.98. The second kappa shape index (κ2) is 10.7. The van der Waals surface area contributed by atoms with Crippen LogP contribution in [0.2, 0.25) is 0 Å². The van der Waals surface area contributed by atoms with Gasteiger partial charge in [0.25, 0.3) is 0 Å². The molecule has 1 unspecified atom stereocenters. The summed E-state index contributed by atoms with van der Waals surface area (Å²) in [5.41, 5.74) is 2.20. The van der Waals surface area contributed by atoms with E-state index in [1.807, 2.05) is 54.6 Å². The van der Waals surface area contributed by atoms with Gasteiger partial charge in [0.1, 0.15) is 12.4 Å². The van der Waals surface area contributed by atoms with Crippen molar-refractivity contribution >= 4 is 39.8 Å². The molecular formula is C20H26IN3O3S. The fourth-order valence-electron chi connectivity index (χ4n) is 3.02. The number of halogens is 1. The Hall–Kier alpha value is -1.81. The van der Waals surface area contributed by atoms with Gasteiger partial charge in [0.2, 0.25) is 0 Å². The third-order valence-electron chi connectivity index (χ3n) is 4.50. The Morgan fingerprint density at radius 3 is 2.43 bits per heavy atom. The smallest absolute Gasteiger partial charge is 0.191 e. The lowest BCUT2D eigenvalue weighted by atomic mass is 10.1. The Morgan fingerprint density at radius 2 is 1.79 bits per heavy atom. The van der Waals surface area contributed by atoms with E-state index in [4.69, 9.17) is 4.74 Å². The van der Waals surface area contributed by atoms with Gasteiger partial charge in [0.05, 0.1) is 11.5 Å². The quantitative estimate of drug-likeness (QED) is 0.352. The highest BCUT2D eigenvalue weighted by molar-refractivity contribution is 14.0. The molecule has 8 heteroatoms. The van der Waals surface area contributed by atoms with E-state index in [2.05, 4.69) is 15.6 Å². The molecule has 1 heterocycles. The number of sulfone groups is 1. The lowest BCUT2D eigenvalue weighted by Gasteiger charge is -2.17. The molecule has 2 aromatic rings. The first-order chi connectivity index (χ1) is 13.1. The number of hydrogen-bond donors (Lipinski definition) is 2. The van der Waals surface area contributed by atoms with Gasteiger partial charge in [-0.3, -0.25) is 4.99 Å². The summed E-state index contributed by atoms with van der Waals surface area (Å²) in [7, 11) is -1.23. The van der Waals surface area contributed by atoms with Crippen molar-refractivity contribution in [3.63, 3.8) is 0 Å². The Labute approximate surface area is 183 Å². The van der Waals surface area contributed by atoms with E-state index in [0.717, 1.165) is 16.9 Å². The fourth-order valence-corrected chi connectivity index (χ4v) is 4.70. The van der Waals surface area contributed by atoms with Crippen molar-refractivity contribution in [1.29, 1.82) is 0 Å². The zero-order valence-electron chi connectivity index (χ0n) is 15.8. The van der Waals surface area contributed by atoms with E-state index >= 15 is 0 Å². The van der Waals surface area contributed by atoms with Gasteiger partial charge in [-0.2, -0.15) is 0 Å². The molecule has 1 aliphatic heterocycles. The SMILES string of the molecule is CN=C(NCc1ccccc1COc1ccccc1)NC1CCS(=O)(=O)C1.I. The summed E-state index contributed by atoms with van der Waals surface area (Å²) in [6, 6.07) is 17.7. The van der Waals surface area contributed by atoms with E-state index in [1.165, 1.54) is 0 Å². The summed E-state index contributed by atoms with van der Waals surface area (Å²) in [4.78, 5) is 4.21. The predicted octanol–water partition coefficient (Wildman–Crippen LogP) is 2.74. The van der Waals surface area contributed by atoms with E-state index in [-0.39, 0.29) is 41.5 Å². The minimum absolute atomic E-state index is 0. The fraction of sp³-hybridized carbons (Fsp3) is 0.350. The number of nitrogens with one attached hydrogen (secondary N) is 2. The third-order valence-corrected chi connectivity index (χ3v) is 6.27. The lowest BCUT2D eigenvalue weighted by molar-refractivity contribution is 0.305. The molecule has 0 amide bonds. The molecule has 6 nitrogen and oxygen atoms in total. The Kier molecular flexibility index (Phi) is 8.56. The summed E-state index contributed by atoms with van der Waals surface area (Å²) in [5, 5.41) is 6.46. The molecule has 0 bridgehead atoms. The first-order valence-corrected chi connectivity index (χ1v) is 10.8. The number of nitrogens with zero attached hydrogens (tertiary/aromatic N) is 1. The van der Waals surface area contributed by atoms with Crippen LogP contribution in [0.4, 0.5) is 0 Å². The van der Waals surface area contributed by atoms with Crippen LogP contribution in [-0.2, 0) is 23.0 Å². The molecule has 0 radical (unpaired) electrons. The average molecular weight is 515 g/mol. The van der Waals surface area contributed by atoms with Crippen molar-refractivity contribution in [2.24, 2.45) is 4.99 Å². The van der Waals surface area contributed by atoms with Crippen molar-refractivity contribution in [2.45, 2.75) is 25.6 Å². The molecule has 1 saturated heterocycles. The topological polar surface area (TPSA) is 79.8 Å². The van der Waals surface area contributed by atoms with Crippen LogP contribution >= 0.6 is 24.0 Å². The van der Waals surface area contributed by atoms with Gasteiger partial charge in [-0.15, -0.1) is 24.0 Å². The maximum atomic E-state index is 11.6. The number of aliphatic imine (C=N–C) groups is 1. The minimum Gasteiger partial charge on any atom is -0.489 e. The molecule has 0 aliphatic carbocycles. The molecule has 1 atom stereocenters. The van der Waals surface area contributed by atoms with Crippen molar-refractivity contribution in [3.8, 4) is 5.75 Å². The zero-order chi connectivity index (χ0) is 19.1. The lowest BCUT2D eigenvalue weighted by Crippen LogP contribution is -2.43. The number of hydrogen-bond acceptors (Lipinski definition) is 4. The largest absolute Gasteiger partial charge is 0.489 e. The summed E-state index contributed by atoms with van der Waals surface area (Å²) in [6.45, 7) is 1.06. The Morgan fingerprint density at radius 1 is 1.11 bits per heavy atom. The molecule has 28 heavy (non-hydrogen) atoms. The summed E-state index contributed by atoms with van der Waals surface area (Å²) in [6.07, 6.45) is 0.616. The van der Waals surface area contributed by atoms with Gasteiger partial charge in [0, 0.05) is 19.6 Å². The number of para-hydroxylation sites is 1. The molecule has 152 valence electrons. The highest BCUT2D eigenvalue weighted by Crippen LogP contribution is 2.15. The Balaban J connectivity index is 0.00000280. The van der Waals surface area contributed by atoms with Crippen molar-refractivity contribution in [2.75, 3.05) is 18.6 Å². The van der Waals surface area contributed by atoms with Gasteiger partial charge >= 0.3 is 0 Å². The second-order valence-electron chi connectivity index (χ2n) is 6.54. The van der Waals surface area contributed by atoms with Gasteiger partial charge in [-0.1, -0.05) is 42.5 Å². The van der Waals surface area contributed by atoms with Crippen molar-refractivity contribution in [1.82, 2.24) is 10.6 Å².